The van der Waals surface area contributed by atoms with E-state index in [1.807, 2.05) is 18.2 Å². The molecule has 1 atom stereocenters. The van der Waals surface area contributed by atoms with Gasteiger partial charge < -0.3 is 13.9 Å². The number of rotatable bonds is 4. The number of para-hydroxylation sites is 2. The van der Waals surface area contributed by atoms with Gasteiger partial charge in [0, 0.05) is 6.21 Å². The highest BCUT2D eigenvalue weighted by molar-refractivity contribution is 5.84. The molecule has 3 rings (SSSR count). The van der Waals surface area contributed by atoms with Crippen molar-refractivity contribution in [1.82, 2.24) is 5.43 Å². The first-order chi connectivity index (χ1) is 10.8. The summed E-state index contributed by atoms with van der Waals surface area (Å²) < 4.78 is 16.2. The Morgan fingerprint density at radius 3 is 2.91 bits per heavy atom. The van der Waals surface area contributed by atoms with Crippen LogP contribution in [0.4, 0.5) is 0 Å². The SMILES string of the molecule is O=C(N/N=C/C=C/c1ccco1)C1COc2ccccc2O1. The molecule has 0 saturated heterocycles. The zero-order chi connectivity index (χ0) is 15.2. The molecule has 1 aliphatic heterocycles. The number of hydrogen-bond acceptors (Lipinski definition) is 5. The molecule has 1 N–H and O–H groups in total. The van der Waals surface area contributed by atoms with Crippen molar-refractivity contribution < 1.29 is 18.7 Å². The number of allylic oxidation sites excluding steroid dienone is 1. The Balaban J connectivity index is 1.50. The van der Waals surface area contributed by atoms with Gasteiger partial charge in [-0.1, -0.05) is 12.1 Å². The summed E-state index contributed by atoms with van der Waals surface area (Å²) in [6, 6.07) is 10.8. The minimum atomic E-state index is -0.721. The molecule has 2 aromatic rings. The van der Waals surface area contributed by atoms with Gasteiger partial charge in [-0.3, -0.25) is 4.79 Å². The molecular formula is C16H14N2O4. The van der Waals surface area contributed by atoms with Gasteiger partial charge in [-0.25, -0.2) is 5.43 Å². The third kappa shape index (κ3) is 3.35. The van der Waals surface area contributed by atoms with E-state index < -0.39 is 6.10 Å². The van der Waals surface area contributed by atoms with Crippen LogP contribution >= 0.6 is 0 Å². The summed E-state index contributed by atoms with van der Waals surface area (Å²) in [5, 5.41) is 3.81. The number of ether oxygens (including phenoxy) is 2. The van der Waals surface area contributed by atoms with Crippen LogP contribution in [0.25, 0.3) is 6.08 Å². The highest BCUT2D eigenvalue weighted by atomic mass is 16.6. The molecular weight excluding hydrogens is 284 g/mol. The lowest BCUT2D eigenvalue weighted by Gasteiger charge is -2.24. The largest absolute Gasteiger partial charge is 0.485 e. The van der Waals surface area contributed by atoms with E-state index in [4.69, 9.17) is 13.9 Å². The number of carbonyl (C=O) groups is 1. The molecule has 1 aromatic carbocycles. The zero-order valence-corrected chi connectivity index (χ0v) is 11.6. The lowest BCUT2D eigenvalue weighted by atomic mass is 10.2. The number of nitrogens with zero attached hydrogens (tertiary/aromatic N) is 1. The summed E-state index contributed by atoms with van der Waals surface area (Å²) in [6.07, 6.45) is 5.70. The van der Waals surface area contributed by atoms with Crippen LogP contribution in [0.3, 0.4) is 0 Å². The van der Waals surface area contributed by atoms with Gasteiger partial charge in [0.15, 0.2) is 11.5 Å². The molecule has 0 aliphatic carbocycles. The predicted octanol–water partition coefficient (Wildman–Crippen LogP) is 2.23. The molecule has 1 aromatic heterocycles. The first-order valence-corrected chi connectivity index (χ1v) is 6.74. The minimum Gasteiger partial charge on any atom is -0.485 e. The van der Waals surface area contributed by atoms with Crippen molar-refractivity contribution in [2.75, 3.05) is 6.61 Å². The van der Waals surface area contributed by atoms with Gasteiger partial charge in [0.25, 0.3) is 5.91 Å². The summed E-state index contributed by atoms with van der Waals surface area (Å²) >= 11 is 0. The van der Waals surface area contributed by atoms with Crippen LogP contribution in [0.2, 0.25) is 0 Å². The van der Waals surface area contributed by atoms with Crippen LogP contribution in [-0.2, 0) is 4.79 Å². The molecule has 6 nitrogen and oxygen atoms in total. The fraction of sp³-hybridized carbons (Fsp3) is 0.125. The van der Waals surface area contributed by atoms with Crippen LogP contribution in [0.1, 0.15) is 5.76 Å². The number of amides is 1. The van der Waals surface area contributed by atoms with E-state index in [1.165, 1.54) is 6.21 Å². The lowest BCUT2D eigenvalue weighted by molar-refractivity contribution is -0.130. The van der Waals surface area contributed by atoms with Crippen molar-refractivity contribution in [3.05, 3.63) is 54.5 Å². The third-order valence-corrected chi connectivity index (χ3v) is 2.94. The highest BCUT2D eigenvalue weighted by Crippen LogP contribution is 2.30. The fourth-order valence-corrected chi connectivity index (χ4v) is 1.89. The van der Waals surface area contributed by atoms with E-state index in [2.05, 4.69) is 10.5 Å². The first-order valence-electron chi connectivity index (χ1n) is 6.74. The van der Waals surface area contributed by atoms with Gasteiger partial charge in [0.05, 0.1) is 6.26 Å². The monoisotopic (exact) mass is 298 g/mol. The molecule has 0 spiro atoms. The number of carbonyl (C=O) groups excluding carboxylic acids is 1. The normalized spacial score (nSPS) is 17.0. The summed E-state index contributed by atoms with van der Waals surface area (Å²) in [7, 11) is 0. The topological polar surface area (TPSA) is 73.1 Å². The van der Waals surface area contributed by atoms with Crippen molar-refractivity contribution in [3.63, 3.8) is 0 Å². The van der Waals surface area contributed by atoms with E-state index in [9.17, 15) is 4.79 Å². The van der Waals surface area contributed by atoms with Crippen molar-refractivity contribution >= 4 is 18.2 Å². The number of nitrogens with one attached hydrogen (secondary N) is 1. The van der Waals surface area contributed by atoms with E-state index in [-0.39, 0.29) is 12.5 Å². The van der Waals surface area contributed by atoms with Gasteiger partial charge in [-0.2, -0.15) is 5.10 Å². The Kier molecular flexibility index (Phi) is 4.20. The number of hydrogen-bond donors (Lipinski definition) is 1. The minimum absolute atomic E-state index is 0.153. The molecule has 0 fully saturated rings. The van der Waals surface area contributed by atoms with Crippen molar-refractivity contribution in [3.8, 4) is 11.5 Å². The average molecular weight is 298 g/mol. The van der Waals surface area contributed by atoms with Gasteiger partial charge in [0.1, 0.15) is 12.4 Å². The standard InChI is InChI=1S/C16H14N2O4/c19-16(18-17-9-3-5-12-6-4-10-20-12)15-11-21-13-7-1-2-8-14(13)22-15/h1-10,15H,11H2,(H,18,19)/b5-3+,17-9+. The molecule has 1 amide bonds. The van der Waals surface area contributed by atoms with Crippen LogP contribution < -0.4 is 14.9 Å². The second-order valence-electron chi connectivity index (χ2n) is 4.49. The number of furan rings is 1. The van der Waals surface area contributed by atoms with E-state index in [0.717, 1.165) is 0 Å². The maximum absolute atomic E-state index is 11.9. The molecule has 22 heavy (non-hydrogen) atoms. The summed E-state index contributed by atoms with van der Waals surface area (Å²) in [6.45, 7) is 0.153. The summed E-state index contributed by atoms with van der Waals surface area (Å²) in [4.78, 5) is 11.9. The molecule has 1 aliphatic rings. The van der Waals surface area contributed by atoms with E-state index in [1.54, 1.807) is 36.6 Å². The highest BCUT2D eigenvalue weighted by Gasteiger charge is 2.26. The van der Waals surface area contributed by atoms with Gasteiger partial charge >= 0.3 is 0 Å². The zero-order valence-electron chi connectivity index (χ0n) is 11.6. The maximum Gasteiger partial charge on any atom is 0.284 e. The molecule has 6 heteroatoms. The van der Waals surface area contributed by atoms with Crippen LogP contribution in [-0.4, -0.2) is 24.8 Å². The summed E-state index contributed by atoms with van der Waals surface area (Å²) in [5.41, 5.74) is 2.41. The van der Waals surface area contributed by atoms with Crippen LogP contribution in [0, 0.1) is 0 Å². The third-order valence-electron chi connectivity index (χ3n) is 2.94. The first kappa shape index (κ1) is 13.9. The molecule has 1 unspecified atom stereocenters. The molecule has 2 heterocycles. The molecule has 0 bridgehead atoms. The lowest BCUT2D eigenvalue weighted by Crippen LogP contribution is -2.42. The Bertz CT molecular complexity index is 692. The van der Waals surface area contributed by atoms with Crippen LogP contribution in [0.5, 0.6) is 11.5 Å². The van der Waals surface area contributed by atoms with Crippen LogP contribution in [0.15, 0.2) is 58.3 Å². The van der Waals surface area contributed by atoms with Gasteiger partial charge in [0.2, 0.25) is 6.10 Å². The second-order valence-corrected chi connectivity index (χ2v) is 4.49. The smallest absolute Gasteiger partial charge is 0.284 e. The van der Waals surface area contributed by atoms with E-state index in [0.29, 0.717) is 17.3 Å². The quantitative estimate of drug-likeness (QED) is 0.694. The average Bonchev–Trinajstić information content (AvgIpc) is 3.07. The molecule has 0 radical (unpaired) electrons. The fourth-order valence-electron chi connectivity index (χ4n) is 1.89. The van der Waals surface area contributed by atoms with Crippen molar-refractivity contribution in [2.24, 2.45) is 5.10 Å². The van der Waals surface area contributed by atoms with Gasteiger partial charge in [-0.05, 0) is 36.4 Å². The summed E-state index contributed by atoms with van der Waals surface area (Å²) in [5.74, 6) is 1.53. The van der Waals surface area contributed by atoms with E-state index >= 15 is 0 Å². The number of fused-ring (bicyclic) bond motifs is 1. The number of benzene rings is 1. The maximum atomic E-state index is 11.9. The van der Waals surface area contributed by atoms with Crippen molar-refractivity contribution in [1.29, 1.82) is 0 Å². The Morgan fingerprint density at radius 2 is 2.09 bits per heavy atom. The second kappa shape index (κ2) is 6.62. The van der Waals surface area contributed by atoms with Crippen molar-refractivity contribution in [2.45, 2.75) is 6.10 Å². The Hall–Kier alpha value is -3.02. The Labute approximate surface area is 127 Å². The predicted molar refractivity (Wildman–Crippen MR) is 80.7 cm³/mol. The Morgan fingerprint density at radius 1 is 1.23 bits per heavy atom. The molecule has 0 saturated carbocycles. The molecule has 112 valence electrons. The van der Waals surface area contributed by atoms with Gasteiger partial charge in [-0.15, -0.1) is 0 Å². The number of hydrazone groups is 1.